The second kappa shape index (κ2) is 7.09. The largest absolute Gasteiger partial charge is 0.484 e. The molecule has 1 fully saturated rings. The van der Waals surface area contributed by atoms with Crippen LogP contribution in [0.2, 0.25) is 0 Å². The van der Waals surface area contributed by atoms with Gasteiger partial charge in [0.1, 0.15) is 11.9 Å². The van der Waals surface area contributed by atoms with E-state index in [0.717, 1.165) is 5.56 Å². The predicted octanol–water partition coefficient (Wildman–Crippen LogP) is 2.67. The normalized spacial score (nSPS) is 18.0. The third-order valence-electron chi connectivity index (χ3n) is 3.70. The Morgan fingerprint density at radius 2 is 1.77 bits per heavy atom. The number of hydrogen-bond acceptors (Lipinski definition) is 3. The Morgan fingerprint density at radius 3 is 2.50 bits per heavy atom. The Hall–Kier alpha value is -2.33. The fourth-order valence-corrected chi connectivity index (χ4v) is 2.50. The number of carbonyl (C=O) groups is 1. The lowest BCUT2D eigenvalue weighted by molar-refractivity contribution is -0.141. The first kappa shape index (κ1) is 14.6. The number of amides is 1. The van der Waals surface area contributed by atoms with Gasteiger partial charge in [-0.2, -0.15) is 0 Å². The van der Waals surface area contributed by atoms with Crippen molar-refractivity contribution in [1.29, 1.82) is 0 Å². The van der Waals surface area contributed by atoms with Crippen molar-refractivity contribution >= 4 is 5.91 Å². The van der Waals surface area contributed by atoms with Gasteiger partial charge >= 0.3 is 0 Å². The smallest absolute Gasteiger partial charge is 0.260 e. The highest BCUT2D eigenvalue weighted by Gasteiger charge is 2.25. The van der Waals surface area contributed by atoms with Gasteiger partial charge in [0, 0.05) is 6.54 Å². The quantitative estimate of drug-likeness (QED) is 0.871. The molecule has 1 aliphatic heterocycles. The second-order valence-electron chi connectivity index (χ2n) is 5.21. The molecule has 0 N–H and O–H groups in total. The Kier molecular flexibility index (Phi) is 4.71. The molecular weight excluding hydrogens is 278 g/mol. The van der Waals surface area contributed by atoms with E-state index in [1.54, 1.807) is 0 Å². The average molecular weight is 297 g/mol. The van der Waals surface area contributed by atoms with Crippen LogP contribution in [0.4, 0.5) is 0 Å². The summed E-state index contributed by atoms with van der Waals surface area (Å²) in [6, 6.07) is 19.4. The van der Waals surface area contributed by atoms with Gasteiger partial charge in [0.15, 0.2) is 6.61 Å². The first-order valence-electron chi connectivity index (χ1n) is 7.45. The maximum atomic E-state index is 12.3. The molecule has 2 aromatic carbocycles. The number of carbonyl (C=O) groups excluding carboxylic acids is 1. The fourth-order valence-electron chi connectivity index (χ4n) is 2.50. The zero-order chi connectivity index (χ0) is 15.2. The molecule has 1 amide bonds. The topological polar surface area (TPSA) is 38.8 Å². The SMILES string of the molecule is O=C(COc1ccccc1)N1CCOC(c2ccccc2)C1. The monoisotopic (exact) mass is 297 g/mol. The van der Waals surface area contributed by atoms with Crippen LogP contribution in [0.25, 0.3) is 0 Å². The molecule has 4 nitrogen and oxygen atoms in total. The standard InChI is InChI=1S/C18H19NO3/c20-18(14-22-16-9-5-2-6-10-16)19-11-12-21-17(13-19)15-7-3-1-4-8-15/h1-10,17H,11-14H2. The molecule has 3 rings (SSSR count). The van der Waals surface area contributed by atoms with Crippen molar-refractivity contribution in [3.8, 4) is 5.75 Å². The molecule has 1 unspecified atom stereocenters. The number of ether oxygens (including phenoxy) is 2. The zero-order valence-corrected chi connectivity index (χ0v) is 12.4. The van der Waals surface area contributed by atoms with Crippen molar-refractivity contribution in [3.63, 3.8) is 0 Å². The van der Waals surface area contributed by atoms with E-state index in [2.05, 4.69) is 0 Å². The number of rotatable bonds is 4. The summed E-state index contributed by atoms with van der Waals surface area (Å²) in [6.07, 6.45) is -0.0596. The lowest BCUT2D eigenvalue weighted by Crippen LogP contribution is -2.44. The molecule has 4 heteroatoms. The third-order valence-corrected chi connectivity index (χ3v) is 3.70. The summed E-state index contributed by atoms with van der Waals surface area (Å²) in [4.78, 5) is 14.1. The molecule has 1 saturated heterocycles. The van der Waals surface area contributed by atoms with Crippen molar-refractivity contribution in [2.24, 2.45) is 0 Å². The van der Waals surface area contributed by atoms with Crippen molar-refractivity contribution < 1.29 is 14.3 Å². The van der Waals surface area contributed by atoms with Gasteiger partial charge in [-0.15, -0.1) is 0 Å². The zero-order valence-electron chi connectivity index (χ0n) is 12.4. The summed E-state index contributed by atoms with van der Waals surface area (Å²) >= 11 is 0. The molecular formula is C18H19NO3. The van der Waals surface area contributed by atoms with Crippen LogP contribution < -0.4 is 4.74 Å². The Labute approximate surface area is 130 Å². The summed E-state index contributed by atoms with van der Waals surface area (Å²) in [5.41, 5.74) is 1.10. The molecule has 0 bridgehead atoms. The maximum Gasteiger partial charge on any atom is 0.260 e. The molecule has 1 aliphatic rings. The molecule has 0 aromatic heterocycles. The summed E-state index contributed by atoms with van der Waals surface area (Å²) in [7, 11) is 0. The number of benzene rings is 2. The average Bonchev–Trinajstić information content (AvgIpc) is 2.61. The van der Waals surface area contributed by atoms with E-state index in [-0.39, 0.29) is 18.6 Å². The van der Waals surface area contributed by atoms with E-state index < -0.39 is 0 Å². The minimum absolute atomic E-state index is 0.00640. The number of morpholine rings is 1. The van der Waals surface area contributed by atoms with Gasteiger partial charge in [-0.3, -0.25) is 4.79 Å². The van der Waals surface area contributed by atoms with E-state index in [4.69, 9.17) is 9.47 Å². The number of hydrogen-bond donors (Lipinski definition) is 0. The first-order valence-corrected chi connectivity index (χ1v) is 7.45. The Balaban J connectivity index is 1.56. The van der Waals surface area contributed by atoms with Gasteiger partial charge in [0.25, 0.3) is 5.91 Å². The number of para-hydroxylation sites is 1. The maximum absolute atomic E-state index is 12.3. The van der Waals surface area contributed by atoms with E-state index in [0.29, 0.717) is 25.4 Å². The van der Waals surface area contributed by atoms with Crippen LogP contribution in [0.5, 0.6) is 5.75 Å². The fraction of sp³-hybridized carbons (Fsp3) is 0.278. The lowest BCUT2D eigenvalue weighted by atomic mass is 10.1. The van der Waals surface area contributed by atoms with E-state index >= 15 is 0 Å². The molecule has 22 heavy (non-hydrogen) atoms. The minimum Gasteiger partial charge on any atom is -0.484 e. The molecule has 2 aromatic rings. The van der Waals surface area contributed by atoms with Gasteiger partial charge < -0.3 is 14.4 Å². The Morgan fingerprint density at radius 1 is 1.09 bits per heavy atom. The molecule has 0 aliphatic carbocycles. The molecule has 0 radical (unpaired) electrons. The van der Waals surface area contributed by atoms with Gasteiger partial charge in [0.2, 0.25) is 0 Å². The van der Waals surface area contributed by atoms with E-state index in [1.165, 1.54) is 0 Å². The molecule has 114 valence electrons. The van der Waals surface area contributed by atoms with Crippen LogP contribution >= 0.6 is 0 Å². The first-order chi connectivity index (χ1) is 10.8. The highest BCUT2D eigenvalue weighted by atomic mass is 16.5. The summed E-state index contributed by atoms with van der Waals surface area (Å²) in [5.74, 6) is 0.705. The van der Waals surface area contributed by atoms with Crippen LogP contribution in [-0.2, 0) is 9.53 Å². The van der Waals surface area contributed by atoms with Crippen molar-refractivity contribution in [1.82, 2.24) is 4.90 Å². The molecule has 1 atom stereocenters. The third kappa shape index (κ3) is 3.65. The van der Waals surface area contributed by atoms with Gasteiger partial charge in [-0.05, 0) is 17.7 Å². The highest BCUT2D eigenvalue weighted by Crippen LogP contribution is 2.22. The molecule has 0 spiro atoms. The van der Waals surface area contributed by atoms with Crippen LogP contribution in [0, 0.1) is 0 Å². The second-order valence-corrected chi connectivity index (χ2v) is 5.21. The van der Waals surface area contributed by atoms with Crippen LogP contribution in [0.15, 0.2) is 60.7 Å². The number of nitrogens with zero attached hydrogens (tertiary/aromatic N) is 1. The Bertz CT molecular complexity index is 600. The minimum atomic E-state index is -0.0596. The van der Waals surface area contributed by atoms with Crippen molar-refractivity contribution in [3.05, 3.63) is 66.2 Å². The van der Waals surface area contributed by atoms with Gasteiger partial charge in [-0.25, -0.2) is 0 Å². The predicted molar refractivity (Wildman–Crippen MR) is 83.7 cm³/mol. The van der Waals surface area contributed by atoms with Crippen LogP contribution in [-0.4, -0.2) is 37.1 Å². The summed E-state index contributed by atoms with van der Waals surface area (Å²) < 4.78 is 11.3. The summed E-state index contributed by atoms with van der Waals surface area (Å²) in [6.45, 7) is 1.80. The van der Waals surface area contributed by atoms with Crippen LogP contribution in [0.1, 0.15) is 11.7 Å². The lowest BCUT2D eigenvalue weighted by Gasteiger charge is -2.33. The van der Waals surface area contributed by atoms with Gasteiger partial charge in [-0.1, -0.05) is 48.5 Å². The van der Waals surface area contributed by atoms with Crippen molar-refractivity contribution in [2.45, 2.75) is 6.10 Å². The van der Waals surface area contributed by atoms with Crippen LogP contribution in [0.3, 0.4) is 0 Å². The van der Waals surface area contributed by atoms with Gasteiger partial charge in [0.05, 0.1) is 13.2 Å². The van der Waals surface area contributed by atoms with E-state index in [9.17, 15) is 4.79 Å². The molecule has 1 heterocycles. The highest BCUT2D eigenvalue weighted by molar-refractivity contribution is 5.78. The summed E-state index contributed by atoms with van der Waals surface area (Å²) in [5, 5.41) is 0. The molecule has 0 saturated carbocycles. The van der Waals surface area contributed by atoms with E-state index in [1.807, 2.05) is 65.6 Å². The van der Waals surface area contributed by atoms with Crippen molar-refractivity contribution in [2.75, 3.05) is 26.3 Å².